The van der Waals surface area contributed by atoms with Gasteiger partial charge in [0.1, 0.15) is 12.7 Å². The van der Waals surface area contributed by atoms with Crippen LogP contribution in [-0.2, 0) is 16.1 Å². The summed E-state index contributed by atoms with van der Waals surface area (Å²) in [6.45, 7) is 4.85. The van der Waals surface area contributed by atoms with Gasteiger partial charge in [-0.15, -0.1) is 0 Å². The Labute approximate surface area is 142 Å². The van der Waals surface area contributed by atoms with Gasteiger partial charge in [0.05, 0.1) is 6.61 Å². The van der Waals surface area contributed by atoms with E-state index < -0.39 is 23.5 Å². The monoisotopic (exact) mass is 338 g/mol. The van der Waals surface area contributed by atoms with Crippen LogP contribution < -0.4 is 10.6 Å². The Balaban J connectivity index is 2.31. The number of alkyl carbamates (subject to hydrolysis) is 1. The van der Waals surface area contributed by atoms with Gasteiger partial charge in [0.15, 0.2) is 0 Å². The molecule has 0 aliphatic heterocycles. The summed E-state index contributed by atoms with van der Waals surface area (Å²) in [5, 5.41) is 24.1. The van der Waals surface area contributed by atoms with E-state index in [1.165, 1.54) is 0 Å². The highest BCUT2D eigenvalue weighted by Gasteiger charge is 2.32. The molecule has 1 aromatic carbocycles. The second kappa shape index (κ2) is 9.24. The molecule has 4 N–H and O–H groups in total. The minimum atomic E-state index is -1.33. The maximum Gasteiger partial charge on any atom is 0.407 e. The highest BCUT2D eigenvalue weighted by atomic mass is 16.5. The fourth-order valence-corrected chi connectivity index (χ4v) is 1.81. The van der Waals surface area contributed by atoms with E-state index in [1.807, 2.05) is 30.3 Å². The van der Waals surface area contributed by atoms with Crippen LogP contribution in [0.1, 0.15) is 26.3 Å². The fraction of sp³-hybridized carbons (Fsp3) is 0.529. The molecule has 0 heterocycles. The standard InChI is InChI=1S/C17H26N2O5/c1-12(9-18-15(22)14(21)17(2,3)11-20)19-16(23)24-10-13-7-5-4-6-8-13/h4-8,12,14,20-21H,9-11H2,1-3H3,(H,18,22)(H,19,23)/t12-,14-/m0/s1. The zero-order valence-corrected chi connectivity index (χ0v) is 14.3. The molecule has 0 aliphatic carbocycles. The van der Waals surface area contributed by atoms with Crippen LogP contribution in [0.3, 0.4) is 0 Å². The molecule has 0 spiro atoms. The quantitative estimate of drug-likeness (QED) is 0.561. The maximum absolute atomic E-state index is 11.8. The molecule has 7 heteroatoms. The molecule has 2 atom stereocenters. The van der Waals surface area contributed by atoms with Crippen molar-refractivity contribution >= 4 is 12.0 Å². The Hall–Kier alpha value is -2.12. The van der Waals surface area contributed by atoms with Crippen molar-refractivity contribution in [3.8, 4) is 0 Å². The van der Waals surface area contributed by atoms with Crippen LogP contribution >= 0.6 is 0 Å². The fourth-order valence-electron chi connectivity index (χ4n) is 1.81. The van der Waals surface area contributed by atoms with Gasteiger partial charge in [0, 0.05) is 18.0 Å². The number of ether oxygens (including phenoxy) is 1. The van der Waals surface area contributed by atoms with Gasteiger partial charge < -0.3 is 25.6 Å². The number of aliphatic hydroxyl groups excluding tert-OH is 2. The van der Waals surface area contributed by atoms with Gasteiger partial charge in [0.25, 0.3) is 0 Å². The van der Waals surface area contributed by atoms with Crippen molar-refractivity contribution in [2.24, 2.45) is 5.41 Å². The first-order chi connectivity index (χ1) is 11.3. The third kappa shape index (κ3) is 6.55. The van der Waals surface area contributed by atoms with Crippen LogP contribution in [0.4, 0.5) is 4.79 Å². The van der Waals surface area contributed by atoms with E-state index in [0.29, 0.717) is 0 Å². The van der Waals surface area contributed by atoms with Crippen LogP contribution in [-0.4, -0.2) is 47.5 Å². The van der Waals surface area contributed by atoms with E-state index in [2.05, 4.69) is 10.6 Å². The summed E-state index contributed by atoms with van der Waals surface area (Å²) in [4.78, 5) is 23.5. The van der Waals surface area contributed by atoms with Gasteiger partial charge >= 0.3 is 6.09 Å². The molecule has 134 valence electrons. The molecule has 0 radical (unpaired) electrons. The summed E-state index contributed by atoms with van der Waals surface area (Å²) < 4.78 is 5.08. The Bertz CT molecular complexity index is 533. The second-order valence-electron chi connectivity index (χ2n) is 6.40. The zero-order valence-electron chi connectivity index (χ0n) is 14.3. The first kappa shape index (κ1) is 19.9. The summed E-state index contributed by atoms with van der Waals surface area (Å²) in [7, 11) is 0. The predicted molar refractivity (Wildman–Crippen MR) is 89.1 cm³/mol. The van der Waals surface area contributed by atoms with Crippen molar-refractivity contribution in [2.75, 3.05) is 13.2 Å². The summed E-state index contributed by atoms with van der Waals surface area (Å²) in [6.07, 6.45) is -1.92. The highest BCUT2D eigenvalue weighted by molar-refractivity contribution is 5.81. The van der Waals surface area contributed by atoms with Crippen molar-refractivity contribution in [3.05, 3.63) is 35.9 Å². The molecule has 2 amide bonds. The number of rotatable bonds is 8. The number of nitrogens with one attached hydrogen (secondary N) is 2. The molecule has 0 aromatic heterocycles. The average molecular weight is 338 g/mol. The van der Waals surface area contributed by atoms with Gasteiger partial charge in [-0.2, -0.15) is 0 Å². The third-order valence-corrected chi connectivity index (χ3v) is 3.56. The van der Waals surface area contributed by atoms with Gasteiger partial charge in [-0.3, -0.25) is 4.79 Å². The number of hydrogen-bond acceptors (Lipinski definition) is 5. The van der Waals surface area contributed by atoms with Crippen molar-refractivity contribution in [2.45, 2.75) is 39.5 Å². The molecule has 0 saturated heterocycles. The largest absolute Gasteiger partial charge is 0.445 e. The molecule has 0 fully saturated rings. The molecule has 1 rings (SSSR count). The van der Waals surface area contributed by atoms with E-state index in [9.17, 15) is 14.7 Å². The lowest BCUT2D eigenvalue weighted by atomic mass is 9.87. The summed E-state index contributed by atoms with van der Waals surface area (Å²) >= 11 is 0. The van der Waals surface area contributed by atoms with Crippen molar-refractivity contribution in [1.82, 2.24) is 10.6 Å². The normalized spacial score (nSPS) is 13.7. The lowest BCUT2D eigenvalue weighted by Crippen LogP contribution is -2.49. The van der Waals surface area contributed by atoms with E-state index in [4.69, 9.17) is 9.84 Å². The van der Waals surface area contributed by atoms with Crippen LogP contribution in [0.15, 0.2) is 30.3 Å². The predicted octanol–water partition coefficient (Wildman–Crippen LogP) is 0.797. The number of aliphatic hydroxyl groups is 2. The van der Waals surface area contributed by atoms with Gasteiger partial charge in [0.2, 0.25) is 5.91 Å². The Morgan fingerprint density at radius 3 is 2.46 bits per heavy atom. The molecule has 24 heavy (non-hydrogen) atoms. The zero-order chi connectivity index (χ0) is 18.2. The minimum Gasteiger partial charge on any atom is -0.445 e. The van der Waals surface area contributed by atoms with E-state index >= 15 is 0 Å². The molecule has 0 saturated carbocycles. The van der Waals surface area contributed by atoms with Crippen LogP contribution in [0.25, 0.3) is 0 Å². The van der Waals surface area contributed by atoms with E-state index in [1.54, 1.807) is 20.8 Å². The number of carbonyl (C=O) groups is 2. The molecule has 0 aliphatic rings. The molecular formula is C17H26N2O5. The van der Waals surface area contributed by atoms with Crippen LogP contribution in [0.5, 0.6) is 0 Å². The topological polar surface area (TPSA) is 108 Å². The molecule has 1 aromatic rings. The van der Waals surface area contributed by atoms with E-state index in [0.717, 1.165) is 5.56 Å². The number of benzene rings is 1. The molecular weight excluding hydrogens is 312 g/mol. The maximum atomic E-state index is 11.8. The second-order valence-corrected chi connectivity index (χ2v) is 6.40. The molecule has 0 unspecified atom stereocenters. The van der Waals surface area contributed by atoms with Crippen LogP contribution in [0, 0.1) is 5.41 Å². The summed E-state index contributed by atoms with van der Waals surface area (Å²) in [6, 6.07) is 8.91. The Kier molecular flexibility index (Phi) is 7.67. The Morgan fingerprint density at radius 1 is 1.25 bits per heavy atom. The van der Waals surface area contributed by atoms with Crippen molar-refractivity contribution in [3.63, 3.8) is 0 Å². The Morgan fingerprint density at radius 2 is 1.88 bits per heavy atom. The van der Waals surface area contributed by atoms with Crippen molar-refractivity contribution in [1.29, 1.82) is 0 Å². The average Bonchev–Trinajstić information content (AvgIpc) is 2.58. The lowest BCUT2D eigenvalue weighted by Gasteiger charge is -2.27. The molecule has 7 nitrogen and oxygen atoms in total. The van der Waals surface area contributed by atoms with Gasteiger partial charge in [-0.05, 0) is 12.5 Å². The van der Waals surface area contributed by atoms with Crippen molar-refractivity contribution < 1.29 is 24.5 Å². The lowest BCUT2D eigenvalue weighted by molar-refractivity contribution is -0.137. The first-order valence-corrected chi connectivity index (χ1v) is 7.80. The number of amides is 2. The highest BCUT2D eigenvalue weighted by Crippen LogP contribution is 2.19. The summed E-state index contributed by atoms with van der Waals surface area (Å²) in [5.41, 5.74) is -0.0574. The third-order valence-electron chi connectivity index (χ3n) is 3.56. The number of carbonyl (C=O) groups excluding carboxylic acids is 2. The van der Waals surface area contributed by atoms with E-state index in [-0.39, 0.29) is 25.8 Å². The smallest absolute Gasteiger partial charge is 0.407 e. The SMILES string of the molecule is C[C@@H](CNC(=O)[C@H](O)C(C)(C)CO)NC(=O)OCc1ccccc1. The molecule has 0 bridgehead atoms. The van der Waals surface area contributed by atoms with Crippen LogP contribution in [0.2, 0.25) is 0 Å². The van der Waals surface area contributed by atoms with Gasteiger partial charge in [-0.25, -0.2) is 4.79 Å². The van der Waals surface area contributed by atoms with Gasteiger partial charge in [-0.1, -0.05) is 44.2 Å². The summed E-state index contributed by atoms with van der Waals surface area (Å²) in [5.74, 6) is -0.597. The minimum absolute atomic E-state index is 0.137. The number of hydrogen-bond donors (Lipinski definition) is 4. The first-order valence-electron chi connectivity index (χ1n) is 7.80.